The lowest BCUT2D eigenvalue weighted by atomic mass is 9.71. The van der Waals surface area contributed by atoms with Gasteiger partial charge in [-0.25, -0.2) is 4.98 Å². The summed E-state index contributed by atoms with van der Waals surface area (Å²) < 4.78 is 0. The molecule has 122 valence electrons. The molecule has 0 spiro atoms. The van der Waals surface area contributed by atoms with Crippen molar-refractivity contribution < 1.29 is 14.7 Å². The second-order valence-electron chi connectivity index (χ2n) is 6.24. The Bertz CT molecular complexity index is 495. The second kappa shape index (κ2) is 7.40. The molecule has 1 aliphatic carbocycles. The van der Waals surface area contributed by atoms with Crippen LogP contribution in [0.4, 0.5) is 0 Å². The number of nitrogens with one attached hydrogen (secondary N) is 2. The molecule has 1 aromatic heterocycles. The van der Waals surface area contributed by atoms with Gasteiger partial charge in [-0.2, -0.15) is 0 Å². The van der Waals surface area contributed by atoms with Crippen molar-refractivity contribution in [2.24, 2.45) is 11.1 Å². The van der Waals surface area contributed by atoms with E-state index >= 15 is 0 Å². The van der Waals surface area contributed by atoms with Crippen molar-refractivity contribution in [2.75, 3.05) is 6.54 Å². The molecule has 1 saturated carbocycles. The number of hydrogen-bond donors (Lipinski definition) is 4. The fourth-order valence-corrected chi connectivity index (χ4v) is 3.17. The fraction of sp³-hybridized carbons (Fsp3) is 0.667. The van der Waals surface area contributed by atoms with Crippen LogP contribution in [-0.2, 0) is 16.0 Å². The zero-order chi connectivity index (χ0) is 16.0. The van der Waals surface area contributed by atoms with E-state index < -0.39 is 12.0 Å². The van der Waals surface area contributed by atoms with Gasteiger partial charge in [0.05, 0.1) is 18.8 Å². The summed E-state index contributed by atoms with van der Waals surface area (Å²) in [6.07, 6.45) is 8.52. The van der Waals surface area contributed by atoms with Gasteiger partial charge in [0.25, 0.3) is 0 Å². The Hall–Kier alpha value is -1.89. The number of aliphatic carboxylic acids is 1. The van der Waals surface area contributed by atoms with Crippen LogP contribution in [0.15, 0.2) is 12.5 Å². The number of H-pyrrole nitrogens is 1. The predicted molar refractivity (Wildman–Crippen MR) is 81.0 cm³/mol. The molecule has 0 aliphatic heterocycles. The van der Waals surface area contributed by atoms with E-state index in [9.17, 15) is 9.59 Å². The third-order valence-corrected chi connectivity index (χ3v) is 4.41. The maximum atomic E-state index is 12.1. The Morgan fingerprint density at radius 1 is 1.41 bits per heavy atom. The van der Waals surface area contributed by atoms with E-state index in [1.165, 1.54) is 0 Å². The van der Waals surface area contributed by atoms with Crippen LogP contribution in [0.2, 0.25) is 0 Å². The number of aromatic nitrogens is 2. The first kappa shape index (κ1) is 16.5. The normalized spacial score (nSPS) is 18.6. The van der Waals surface area contributed by atoms with Crippen molar-refractivity contribution in [3.63, 3.8) is 0 Å². The number of hydrogen-bond acceptors (Lipinski definition) is 4. The van der Waals surface area contributed by atoms with E-state index in [1.807, 2.05) is 0 Å². The Kier molecular flexibility index (Phi) is 5.54. The molecule has 1 aromatic rings. The first-order chi connectivity index (χ1) is 10.5. The van der Waals surface area contributed by atoms with Crippen LogP contribution in [0.1, 0.15) is 44.2 Å². The molecule has 0 bridgehead atoms. The highest BCUT2D eigenvalue weighted by molar-refractivity contribution is 5.81. The van der Waals surface area contributed by atoms with E-state index in [0.717, 1.165) is 37.8 Å². The van der Waals surface area contributed by atoms with Gasteiger partial charge in [0, 0.05) is 24.9 Å². The molecule has 1 heterocycles. The van der Waals surface area contributed by atoms with Gasteiger partial charge in [-0.1, -0.05) is 19.3 Å². The first-order valence-corrected chi connectivity index (χ1v) is 7.73. The van der Waals surface area contributed by atoms with Crippen LogP contribution in [0.5, 0.6) is 0 Å². The molecule has 22 heavy (non-hydrogen) atoms. The minimum absolute atomic E-state index is 0.100. The summed E-state index contributed by atoms with van der Waals surface area (Å²) >= 11 is 0. The summed E-state index contributed by atoms with van der Waals surface area (Å²) in [6.45, 7) is 0.384. The maximum absolute atomic E-state index is 12.1. The molecular formula is C15H24N4O3. The first-order valence-electron chi connectivity index (χ1n) is 7.73. The van der Waals surface area contributed by atoms with Crippen LogP contribution in [0.3, 0.4) is 0 Å². The number of carbonyl (C=O) groups is 2. The molecule has 7 heteroatoms. The van der Waals surface area contributed by atoms with Crippen LogP contribution in [0, 0.1) is 5.41 Å². The third-order valence-electron chi connectivity index (χ3n) is 4.41. The number of nitrogens with zero attached hydrogens (tertiary/aromatic N) is 1. The van der Waals surface area contributed by atoms with Gasteiger partial charge in [0.1, 0.15) is 0 Å². The number of carboxylic acid groups (broad SMARTS) is 1. The zero-order valence-corrected chi connectivity index (χ0v) is 12.7. The zero-order valence-electron chi connectivity index (χ0n) is 12.7. The third kappa shape index (κ3) is 4.56. The lowest BCUT2D eigenvalue weighted by Crippen LogP contribution is -2.47. The summed E-state index contributed by atoms with van der Waals surface area (Å²) in [5, 5.41) is 12.0. The van der Waals surface area contributed by atoms with Crippen molar-refractivity contribution in [2.45, 2.75) is 51.0 Å². The van der Waals surface area contributed by atoms with Gasteiger partial charge < -0.3 is 21.1 Å². The van der Waals surface area contributed by atoms with Gasteiger partial charge in [-0.3, -0.25) is 9.59 Å². The summed E-state index contributed by atoms with van der Waals surface area (Å²) in [4.78, 5) is 30.0. The molecule has 5 N–H and O–H groups in total. The highest BCUT2D eigenvalue weighted by Gasteiger charge is 2.35. The number of nitrogens with two attached hydrogens (primary N) is 1. The standard InChI is InChI=1S/C15H24N4O3/c16-12(6-11-8-17-10-19-11)14(22)18-9-15(7-13(20)21)4-2-1-3-5-15/h8,10,12H,1-7,9,16H2,(H,17,19)(H,18,22)(H,20,21)/t12-/m1/s1. The molecule has 0 unspecified atom stereocenters. The summed E-state index contributed by atoms with van der Waals surface area (Å²) in [5.41, 5.74) is 6.37. The van der Waals surface area contributed by atoms with Crippen LogP contribution < -0.4 is 11.1 Å². The van der Waals surface area contributed by atoms with Crippen LogP contribution in [0.25, 0.3) is 0 Å². The van der Waals surface area contributed by atoms with Gasteiger partial charge in [-0.15, -0.1) is 0 Å². The predicted octanol–water partition coefficient (Wildman–Crippen LogP) is 0.821. The lowest BCUT2D eigenvalue weighted by Gasteiger charge is -2.36. The Morgan fingerprint density at radius 2 is 2.14 bits per heavy atom. The van der Waals surface area contributed by atoms with Crippen molar-refractivity contribution in [3.05, 3.63) is 18.2 Å². The molecule has 1 fully saturated rings. The summed E-state index contributed by atoms with van der Waals surface area (Å²) in [7, 11) is 0. The molecule has 1 amide bonds. The molecule has 7 nitrogen and oxygen atoms in total. The maximum Gasteiger partial charge on any atom is 0.303 e. The highest BCUT2D eigenvalue weighted by atomic mass is 16.4. The molecule has 0 aromatic carbocycles. The Labute approximate surface area is 129 Å². The van der Waals surface area contributed by atoms with Crippen LogP contribution >= 0.6 is 0 Å². The fourth-order valence-electron chi connectivity index (χ4n) is 3.17. The Balaban J connectivity index is 1.87. The molecular weight excluding hydrogens is 284 g/mol. The number of amides is 1. The van der Waals surface area contributed by atoms with Crippen molar-refractivity contribution >= 4 is 11.9 Å². The molecule has 0 saturated heterocycles. The minimum atomic E-state index is -0.807. The van der Waals surface area contributed by atoms with Crippen molar-refractivity contribution in [1.82, 2.24) is 15.3 Å². The van der Waals surface area contributed by atoms with E-state index in [0.29, 0.717) is 13.0 Å². The SMILES string of the molecule is N[C@H](Cc1cnc[nH]1)C(=O)NCC1(CC(=O)O)CCCCC1. The number of carbonyl (C=O) groups excluding carboxylic acids is 1. The lowest BCUT2D eigenvalue weighted by molar-refractivity contribution is -0.140. The minimum Gasteiger partial charge on any atom is -0.481 e. The molecule has 0 radical (unpaired) electrons. The largest absolute Gasteiger partial charge is 0.481 e. The number of carboxylic acids is 1. The molecule has 1 atom stereocenters. The monoisotopic (exact) mass is 308 g/mol. The van der Waals surface area contributed by atoms with Crippen molar-refractivity contribution in [1.29, 1.82) is 0 Å². The van der Waals surface area contributed by atoms with Gasteiger partial charge in [0.15, 0.2) is 0 Å². The van der Waals surface area contributed by atoms with Gasteiger partial charge >= 0.3 is 5.97 Å². The van der Waals surface area contributed by atoms with Crippen molar-refractivity contribution in [3.8, 4) is 0 Å². The quantitative estimate of drug-likeness (QED) is 0.594. The summed E-state index contributed by atoms with van der Waals surface area (Å²) in [6, 6.07) is -0.661. The van der Waals surface area contributed by atoms with E-state index in [4.69, 9.17) is 10.8 Å². The number of aromatic amines is 1. The number of imidazole rings is 1. The molecule has 1 aliphatic rings. The van der Waals surface area contributed by atoms with Gasteiger partial charge in [0.2, 0.25) is 5.91 Å². The smallest absolute Gasteiger partial charge is 0.303 e. The molecule has 2 rings (SSSR count). The average molecular weight is 308 g/mol. The van der Waals surface area contributed by atoms with Gasteiger partial charge in [-0.05, 0) is 18.3 Å². The Morgan fingerprint density at radius 3 is 2.73 bits per heavy atom. The number of rotatable bonds is 7. The van der Waals surface area contributed by atoms with E-state index in [-0.39, 0.29) is 17.7 Å². The van der Waals surface area contributed by atoms with E-state index in [1.54, 1.807) is 12.5 Å². The average Bonchev–Trinajstić information content (AvgIpc) is 2.98. The van der Waals surface area contributed by atoms with E-state index in [2.05, 4.69) is 15.3 Å². The topological polar surface area (TPSA) is 121 Å². The van der Waals surface area contributed by atoms with Crippen LogP contribution in [-0.4, -0.2) is 39.5 Å². The summed E-state index contributed by atoms with van der Waals surface area (Å²) in [5.74, 6) is -1.05. The highest BCUT2D eigenvalue weighted by Crippen LogP contribution is 2.38. The second-order valence-corrected chi connectivity index (χ2v) is 6.24.